The molecule has 2 aliphatic rings. The van der Waals surface area contributed by atoms with Gasteiger partial charge in [-0.3, -0.25) is 19.3 Å². The minimum atomic E-state index is -0.756. The third kappa shape index (κ3) is 3.72. The molecular formula is C26H25N3O3S. The molecular weight excluding hydrogens is 434 g/mol. The van der Waals surface area contributed by atoms with Crippen LogP contribution in [-0.4, -0.2) is 34.8 Å². The Kier molecular flexibility index (Phi) is 5.50. The Hall–Kier alpha value is -3.45. The molecule has 3 heterocycles. The quantitative estimate of drug-likeness (QED) is 0.538. The standard InChI is InChI=1S/C26H25N3O3S/c1-26-14-11-24(31)29(26)22-10-6-5-9-21(22)25(32)28(26)15-12-23(30)27(17-19-13-16-33-18-19)20-7-3-2-4-8-20/h2-10,13,16,18H,11-12,14-15,17H2,1H3. The van der Waals surface area contributed by atoms with Crippen LogP contribution < -0.4 is 9.80 Å². The Morgan fingerprint density at radius 3 is 2.58 bits per heavy atom. The molecule has 1 aromatic heterocycles. The molecule has 5 rings (SSSR count). The molecule has 1 atom stereocenters. The zero-order valence-electron chi connectivity index (χ0n) is 18.4. The summed E-state index contributed by atoms with van der Waals surface area (Å²) in [5.41, 5.74) is 2.32. The summed E-state index contributed by atoms with van der Waals surface area (Å²) >= 11 is 1.60. The highest BCUT2D eigenvalue weighted by molar-refractivity contribution is 7.07. The van der Waals surface area contributed by atoms with Crippen molar-refractivity contribution in [1.82, 2.24) is 4.90 Å². The molecule has 0 spiro atoms. The lowest BCUT2D eigenvalue weighted by molar-refractivity contribution is -0.119. The van der Waals surface area contributed by atoms with Gasteiger partial charge in [0.1, 0.15) is 5.66 Å². The molecule has 0 aliphatic carbocycles. The van der Waals surface area contributed by atoms with Gasteiger partial charge in [-0.2, -0.15) is 11.3 Å². The summed E-state index contributed by atoms with van der Waals surface area (Å²) < 4.78 is 0. The maximum Gasteiger partial charge on any atom is 0.257 e. The Morgan fingerprint density at radius 1 is 1.06 bits per heavy atom. The zero-order chi connectivity index (χ0) is 23.0. The molecule has 0 N–H and O–H groups in total. The van der Waals surface area contributed by atoms with Crippen LogP contribution in [0.5, 0.6) is 0 Å². The van der Waals surface area contributed by atoms with Crippen LogP contribution >= 0.6 is 11.3 Å². The molecule has 1 saturated heterocycles. The van der Waals surface area contributed by atoms with Crippen molar-refractivity contribution in [2.75, 3.05) is 16.3 Å². The number of para-hydroxylation sites is 2. The normalized spacial score (nSPS) is 19.4. The second-order valence-corrected chi connectivity index (χ2v) is 9.40. The SMILES string of the molecule is CC12CCC(=O)N1c1ccccc1C(=O)N2CCC(=O)N(Cc1ccsc1)c1ccccc1. The molecule has 7 heteroatoms. The fourth-order valence-electron chi connectivity index (χ4n) is 4.88. The summed E-state index contributed by atoms with van der Waals surface area (Å²) in [6.07, 6.45) is 1.11. The maximum absolute atomic E-state index is 13.4. The fourth-order valence-corrected chi connectivity index (χ4v) is 5.54. The number of hydrogen-bond donors (Lipinski definition) is 0. The lowest BCUT2D eigenvalue weighted by atomic mass is 9.98. The van der Waals surface area contributed by atoms with E-state index in [1.165, 1.54) is 0 Å². The number of rotatable bonds is 6. The summed E-state index contributed by atoms with van der Waals surface area (Å²) in [6.45, 7) is 2.65. The summed E-state index contributed by atoms with van der Waals surface area (Å²) in [5.74, 6) is -0.174. The van der Waals surface area contributed by atoms with Crippen molar-refractivity contribution in [3.8, 4) is 0 Å². The van der Waals surface area contributed by atoms with Gasteiger partial charge in [-0.05, 0) is 60.0 Å². The van der Waals surface area contributed by atoms with Gasteiger partial charge in [-0.15, -0.1) is 0 Å². The van der Waals surface area contributed by atoms with Gasteiger partial charge in [-0.25, -0.2) is 0 Å². The van der Waals surface area contributed by atoms with Crippen molar-refractivity contribution in [3.05, 3.63) is 82.6 Å². The summed E-state index contributed by atoms with van der Waals surface area (Å²) in [7, 11) is 0. The van der Waals surface area contributed by atoms with Crippen LogP contribution in [0.4, 0.5) is 11.4 Å². The van der Waals surface area contributed by atoms with E-state index in [9.17, 15) is 14.4 Å². The average Bonchev–Trinajstić information content (AvgIpc) is 3.45. The van der Waals surface area contributed by atoms with Gasteiger partial charge in [-0.1, -0.05) is 30.3 Å². The number of nitrogens with zero attached hydrogens (tertiary/aromatic N) is 3. The Labute approximate surface area is 197 Å². The first-order valence-corrected chi connectivity index (χ1v) is 12.0. The van der Waals surface area contributed by atoms with Crippen LogP contribution in [0, 0.1) is 0 Å². The number of benzene rings is 2. The second-order valence-electron chi connectivity index (χ2n) is 8.62. The molecule has 2 aliphatic heterocycles. The van der Waals surface area contributed by atoms with Gasteiger partial charge in [0.25, 0.3) is 5.91 Å². The van der Waals surface area contributed by atoms with Crippen LogP contribution in [-0.2, 0) is 16.1 Å². The third-order valence-electron chi connectivity index (χ3n) is 6.58. The molecule has 1 unspecified atom stereocenters. The van der Waals surface area contributed by atoms with Crippen LogP contribution in [0.3, 0.4) is 0 Å². The van der Waals surface area contributed by atoms with Crippen molar-refractivity contribution in [2.24, 2.45) is 0 Å². The van der Waals surface area contributed by atoms with E-state index >= 15 is 0 Å². The lowest BCUT2D eigenvalue weighted by Gasteiger charge is -2.48. The van der Waals surface area contributed by atoms with E-state index < -0.39 is 5.66 Å². The van der Waals surface area contributed by atoms with Crippen molar-refractivity contribution in [3.63, 3.8) is 0 Å². The van der Waals surface area contributed by atoms with Crippen LogP contribution in [0.2, 0.25) is 0 Å². The molecule has 0 saturated carbocycles. The molecule has 1 fully saturated rings. The monoisotopic (exact) mass is 459 g/mol. The first-order chi connectivity index (χ1) is 16.0. The predicted molar refractivity (Wildman–Crippen MR) is 129 cm³/mol. The Bertz CT molecular complexity index is 1190. The van der Waals surface area contributed by atoms with Gasteiger partial charge in [0.05, 0.1) is 17.8 Å². The van der Waals surface area contributed by atoms with Crippen LogP contribution in [0.1, 0.15) is 42.1 Å². The van der Waals surface area contributed by atoms with E-state index in [1.54, 1.807) is 38.2 Å². The molecule has 2 aromatic carbocycles. The third-order valence-corrected chi connectivity index (χ3v) is 7.32. The number of carbonyl (C=O) groups is 3. The second kappa shape index (κ2) is 8.48. The summed E-state index contributed by atoms with van der Waals surface area (Å²) in [6, 6.07) is 18.8. The zero-order valence-corrected chi connectivity index (χ0v) is 19.3. The molecule has 6 nitrogen and oxygen atoms in total. The minimum absolute atomic E-state index is 0.0112. The highest BCUT2D eigenvalue weighted by atomic mass is 32.1. The number of hydrogen-bond acceptors (Lipinski definition) is 4. The van der Waals surface area contributed by atoms with Gasteiger partial charge in [0.15, 0.2) is 0 Å². The first-order valence-electron chi connectivity index (χ1n) is 11.1. The van der Waals surface area contributed by atoms with Crippen LogP contribution in [0.15, 0.2) is 71.4 Å². The maximum atomic E-state index is 13.4. The molecule has 33 heavy (non-hydrogen) atoms. The van der Waals surface area contributed by atoms with Crippen molar-refractivity contribution in [1.29, 1.82) is 0 Å². The van der Waals surface area contributed by atoms with E-state index in [1.807, 2.05) is 66.2 Å². The fraction of sp³-hybridized carbons (Fsp3) is 0.269. The predicted octanol–water partition coefficient (Wildman–Crippen LogP) is 4.67. The largest absolute Gasteiger partial charge is 0.315 e. The first kappa shape index (κ1) is 21.4. The smallest absolute Gasteiger partial charge is 0.257 e. The average molecular weight is 460 g/mol. The topological polar surface area (TPSA) is 60.9 Å². The van der Waals surface area contributed by atoms with Crippen molar-refractivity contribution in [2.45, 2.75) is 38.4 Å². The molecule has 168 valence electrons. The number of anilines is 2. The minimum Gasteiger partial charge on any atom is -0.315 e. The lowest BCUT2D eigenvalue weighted by Crippen LogP contribution is -2.62. The van der Waals surface area contributed by atoms with E-state index in [0.717, 1.165) is 11.3 Å². The number of carbonyl (C=O) groups excluding carboxylic acids is 3. The molecule has 0 bridgehead atoms. The van der Waals surface area contributed by atoms with Gasteiger partial charge >= 0.3 is 0 Å². The Balaban J connectivity index is 1.41. The van der Waals surface area contributed by atoms with Gasteiger partial charge < -0.3 is 9.80 Å². The Morgan fingerprint density at radius 2 is 1.82 bits per heavy atom. The van der Waals surface area contributed by atoms with E-state index in [2.05, 4.69) is 0 Å². The van der Waals surface area contributed by atoms with E-state index in [4.69, 9.17) is 0 Å². The summed E-state index contributed by atoms with van der Waals surface area (Å²) in [5, 5.41) is 4.04. The van der Waals surface area contributed by atoms with E-state index in [0.29, 0.717) is 30.6 Å². The van der Waals surface area contributed by atoms with E-state index in [-0.39, 0.29) is 30.7 Å². The number of amides is 3. The molecule has 3 amide bonds. The van der Waals surface area contributed by atoms with Crippen LogP contribution in [0.25, 0.3) is 0 Å². The van der Waals surface area contributed by atoms with Gasteiger partial charge in [0, 0.05) is 25.1 Å². The summed E-state index contributed by atoms with van der Waals surface area (Å²) in [4.78, 5) is 44.9. The van der Waals surface area contributed by atoms with Crippen molar-refractivity contribution >= 4 is 40.4 Å². The number of fused-ring (bicyclic) bond motifs is 3. The van der Waals surface area contributed by atoms with Crippen molar-refractivity contribution < 1.29 is 14.4 Å². The molecule has 0 radical (unpaired) electrons. The molecule has 3 aromatic rings. The highest BCUT2D eigenvalue weighted by Crippen LogP contribution is 2.44. The highest BCUT2D eigenvalue weighted by Gasteiger charge is 2.52. The van der Waals surface area contributed by atoms with Gasteiger partial charge in [0.2, 0.25) is 11.8 Å². The number of thiophene rings is 1.